The summed E-state index contributed by atoms with van der Waals surface area (Å²) in [6, 6.07) is 15.4. The van der Waals surface area contributed by atoms with Crippen LogP contribution in [0.15, 0.2) is 59.7 Å². The quantitative estimate of drug-likeness (QED) is 0.609. The maximum Gasteiger partial charge on any atom is 0.259 e. The molecule has 0 aliphatic rings. The van der Waals surface area contributed by atoms with Gasteiger partial charge in [0.25, 0.3) is 5.91 Å². The van der Waals surface area contributed by atoms with Gasteiger partial charge in [0.15, 0.2) is 0 Å². The molecule has 0 bridgehead atoms. The van der Waals surface area contributed by atoms with Crippen LogP contribution in [0.25, 0.3) is 6.08 Å². The lowest BCUT2D eigenvalue weighted by Crippen LogP contribution is -2.26. The maximum atomic E-state index is 11.9. The van der Waals surface area contributed by atoms with Crippen molar-refractivity contribution in [3.8, 4) is 0 Å². The summed E-state index contributed by atoms with van der Waals surface area (Å²) in [6.45, 7) is 3.86. The molecule has 0 spiro atoms. The Kier molecular flexibility index (Phi) is 6.58. The van der Waals surface area contributed by atoms with E-state index >= 15 is 0 Å². The van der Waals surface area contributed by atoms with Crippen LogP contribution in [0.1, 0.15) is 18.1 Å². The fourth-order valence-corrected chi connectivity index (χ4v) is 2.16. The van der Waals surface area contributed by atoms with Gasteiger partial charge in [-0.15, -0.1) is 0 Å². The summed E-state index contributed by atoms with van der Waals surface area (Å²) in [6.07, 6.45) is 3.79. The lowest BCUT2D eigenvalue weighted by atomic mass is 10.2. The zero-order chi connectivity index (χ0) is 17.4. The van der Waals surface area contributed by atoms with Crippen LogP contribution in [-0.2, 0) is 4.79 Å². The van der Waals surface area contributed by atoms with Crippen molar-refractivity contribution in [1.82, 2.24) is 5.43 Å². The van der Waals surface area contributed by atoms with E-state index in [9.17, 15) is 4.79 Å². The average Bonchev–Trinajstić information content (AvgIpc) is 2.60. The zero-order valence-corrected chi connectivity index (χ0v) is 14.5. The molecule has 2 rings (SSSR count). The first-order chi connectivity index (χ1) is 11.6. The fraction of sp³-hybridized carbons (Fsp3) is 0.158. The highest BCUT2D eigenvalue weighted by atomic mass is 35.5. The topological polar surface area (TPSA) is 53.5 Å². The van der Waals surface area contributed by atoms with Gasteiger partial charge in [-0.25, -0.2) is 5.43 Å². The van der Waals surface area contributed by atoms with Crippen molar-refractivity contribution in [2.75, 3.05) is 11.9 Å². The van der Waals surface area contributed by atoms with Gasteiger partial charge in [0.1, 0.15) is 0 Å². The fourth-order valence-electron chi connectivity index (χ4n) is 1.98. The molecule has 2 aromatic rings. The van der Waals surface area contributed by atoms with Crippen LogP contribution >= 0.6 is 11.6 Å². The molecule has 0 unspecified atom stereocenters. The molecule has 0 heterocycles. The summed E-state index contributed by atoms with van der Waals surface area (Å²) in [4.78, 5) is 11.9. The number of carbonyl (C=O) groups excluding carboxylic acids is 1. The number of benzene rings is 2. The third kappa shape index (κ3) is 5.56. The van der Waals surface area contributed by atoms with Crippen LogP contribution in [0.3, 0.4) is 0 Å². The minimum absolute atomic E-state index is 0.125. The van der Waals surface area contributed by atoms with Crippen LogP contribution in [0.5, 0.6) is 0 Å². The predicted molar refractivity (Wildman–Crippen MR) is 101 cm³/mol. The van der Waals surface area contributed by atoms with Gasteiger partial charge in [0.2, 0.25) is 0 Å². The van der Waals surface area contributed by atoms with E-state index in [1.807, 2.05) is 74.5 Å². The van der Waals surface area contributed by atoms with Gasteiger partial charge in [-0.05, 0) is 43.2 Å². The van der Waals surface area contributed by atoms with E-state index in [2.05, 4.69) is 15.8 Å². The standard InChI is InChI=1S/C19H20ClN3O/c1-14(11-12-16-7-4-3-5-8-16)22-23-19(24)13-21-18-10-6-9-17(20)15(18)2/h3-12,21H,13H2,1-2H3,(H,23,24)/b12-11+,22-14-. The largest absolute Gasteiger partial charge is 0.376 e. The number of anilines is 1. The molecular formula is C19H20ClN3O. The number of hydrazone groups is 1. The van der Waals surface area contributed by atoms with Crippen molar-refractivity contribution < 1.29 is 4.79 Å². The Morgan fingerprint density at radius 1 is 1.17 bits per heavy atom. The van der Waals surface area contributed by atoms with Gasteiger partial charge in [0.05, 0.1) is 12.3 Å². The normalized spacial score (nSPS) is 11.5. The van der Waals surface area contributed by atoms with E-state index in [4.69, 9.17) is 11.6 Å². The number of carbonyl (C=O) groups is 1. The first kappa shape index (κ1) is 17.8. The highest BCUT2D eigenvalue weighted by molar-refractivity contribution is 6.31. The highest BCUT2D eigenvalue weighted by Gasteiger charge is 2.04. The highest BCUT2D eigenvalue weighted by Crippen LogP contribution is 2.22. The average molecular weight is 342 g/mol. The molecule has 0 aliphatic heterocycles. The molecule has 0 radical (unpaired) electrons. The molecule has 0 saturated heterocycles. The van der Waals surface area contributed by atoms with Gasteiger partial charge < -0.3 is 5.32 Å². The molecule has 1 amide bonds. The summed E-state index contributed by atoms with van der Waals surface area (Å²) >= 11 is 6.05. The lowest BCUT2D eigenvalue weighted by Gasteiger charge is -2.09. The van der Waals surface area contributed by atoms with Gasteiger partial charge in [-0.3, -0.25) is 4.79 Å². The van der Waals surface area contributed by atoms with E-state index in [1.54, 1.807) is 0 Å². The number of amides is 1. The number of rotatable bonds is 6. The van der Waals surface area contributed by atoms with E-state index in [0.717, 1.165) is 16.8 Å². The number of nitrogens with zero attached hydrogens (tertiary/aromatic N) is 1. The van der Waals surface area contributed by atoms with Crippen molar-refractivity contribution >= 4 is 35.0 Å². The Balaban J connectivity index is 1.83. The van der Waals surface area contributed by atoms with Crippen LogP contribution in [0.4, 0.5) is 5.69 Å². The lowest BCUT2D eigenvalue weighted by molar-refractivity contribution is -0.119. The smallest absolute Gasteiger partial charge is 0.259 e. The van der Waals surface area contributed by atoms with E-state index in [1.165, 1.54) is 0 Å². The maximum absolute atomic E-state index is 11.9. The summed E-state index contributed by atoms with van der Waals surface area (Å²) in [5.74, 6) is -0.221. The number of hydrogen-bond donors (Lipinski definition) is 2. The van der Waals surface area contributed by atoms with Crippen LogP contribution in [0.2, 0.25) is 5.02 Å². The van der Waals surface area contributed by atoms with Crippen molar-refractivity contribution in [2.24, 2.45) is 5.10 Å². The SMILES string of the molecule is CC(/C=C/c1ccccc1)=N/NC(=O)CNc1cccc(Cl)c1C. The Labute approximate surface area is 147 Å². The molecule has 0 saturated carbocycles. The predicted octanol–water partition coefficient (Wildman–Crippen LogP) is 4.27. The first-order valence-corrected chi connectivity index (χ1v) is 7.99. The molecule has 124 valence electrons. The van der Waals surface area contributed by atoms with Crippen molar-refractivity contribution in [1.29, 1.82) is 0 Å². The van der Waals surface area contributed by atoms with E-state index in [0.29, 0.717) is 10.7 Å². The molecule has 0 fully saturated rings. The Morgan fingerprint density at radius 3 is 2.67 bits per heavy atom. The van der Waals surface area contributed by atoms with E-state index in [-0.39, 0.29) is 12.5 Å². The molecule has 0 atom stereocenters. The molecular weight excluding hydrogens is 322 g/mol. The minimum Gasteiger partial charge on any atom is -0.376 e. The Bertz CT molecular complexity index is 754. The van der Waals surface area contributed by atoms with E-state index < -0.39 is 0 Å². The van der Waals surface area contributed by atoms with Crippen LogP contribution in [-0.4, -0.2) is 18.2 Å². The van der Waals surface area contributed by atoms with Crippen molar-refractivity contribution in [2.45, 2.75) is 13.8 Å². The van der Waals surface area contributed by atoms with Gasteiger partial charge in [-0.2, -0.15) is 5.10 Å². The summed E-state index contributed by atoms with van der Waals surface area (Å²) in [5.41, 5.74) is 6.07. The summed E-state index contributed by atoms with van der Waals surface area (Å²) in [7, 11) is 0. The van der Waals surface area contributed by atoms with Gasteiger partial charge >= 0.3 is 0 Å². The minimum atomic E-state index is -0.221. The van der Waals surface area contributed by atoms with Crippen molar-refractivity contribution in [3.05, 3.63) is 70.8 Å². The molecule has 24 heavy (non-hydrogen) atoms. The zero-order valence-electron chi connectivity index (χ0n) is 13.7. The third-order valence-corrected chi connectivity index (χ3v) is 3.79. The number of allylic oxidation sites excluding steroid dienone is 1. The summed E-state index contributed by atoms with van der Waals surface area (Å²) < 4.78 is 0. The monoisotopic (exact) mass is 341 g/mol. The second-order valence-electron chi connectivity index (χ2n) is 5.30. The Hall–Kier alpha value is -2.59. The summed E-state index contributed by atoms with van der Waals surface area (Å²) in [5, 5.41) is 7.77. The number of hydrogen-bond acceptors (Lipinski definition) is 3. The molecule has 0 aromatic heterocycles. The van der Waals surface area contributed by atoms with Gasteiger partial charge in [-0.1, -0.05) is 54.1 Å². The molecule has 5 heteroatoms. The molecule has 2 aromatic carbocycles. The molecule has 0 aliphatic carbocycles. The van der Waals surface area contributed by atoms with Gasteiger partial charge in [0, 0.05) is 10.7 Å². The Morgan fingerprint density at radius 2 is 1.92 bits per heavy atom. The number of halogens is 1. The molecule has 4 nitrogen and oxygen atoms in total. The van der Waals surface area contributed by atoms with Crippen LogP contribution < -0.4 is 10.7 Å². The third-order valence-electron chi connectivity index (χ3n) is 3.38. The second kappa shape index (κ2) is 8.89. The second-order valence-corrected chi connectivity index (χ2v) is 5.71. The van der Waals surface area contributed by atoms with Crippen LogP contribution in [0, 0.1) is 6.92 Å². The number of nitrogens with one attached hydrogen (secondary N) is 2. The molecule has 2 N–H and O–H groups in total. The first-order valence-electron chi connectivity index (χ1n) is 7.61. The van der Waals surface area contributed by atoms with Crippen molar-refractivity contribution in [3.63, 3.8) is 0 Å².